The van der Waals surface area contributed by atoms with Crippen LogP contribution in [0.1, 0.15) is 24.5 Å². The zero-order valence-corrected chi connectivity index (χ0v) is 19.6. The Morgan fingerprint density at radius 3 is 2.75 bits per heavy atom. The monoisotopic (exact) mass is 488 g/mol. The highest BCUT2D eigenvalue weighted by Gasteiger charge is 2.27. The van der Waals surface area contributed by atoms with Crippen molar-refractivity contribution < 1.29 is 22.7 Å². The van der Waals surface area contributed by atoms with E-state index in [9.17, 15) is 18.0 Å². The molecule has 2 aromatic rings. The van der Waals surface area contributed by atoms with Crippen LogP contribution in [0.2, 0.25) is 0 Å². The number of thioether (sulfide) groups is 1. The van der Waals surface area contributed by atoms with E-state index in [4.69, 9.17) is 17.0 Å². The highest BCUT2D eigenvalue weighted by molar-refractivity contribution is 8.26. The molecule has 0 saturated carbocycles. The number of anilines is 1. The maximum absolute atomic E-state index is 12.7. The number of rotatable bonds is 6. The molecule has 32 heavy (non-hydrogen) atoms. The molecule has 166 valence electrons. The summed E-state index contributed by atoms with van der Waals surface area (Å²) in [5.74, 6) is 0.119. The number of sulfone groups is 1. The molecule has 2 aliphatic heterocycles. The first-order valence-corrected chi connectivity index (χ1v) is 12.8. The minimum Gasteiger partial charge on any atom is -0.482 e. The molecule has 0 radical (unpaired) electrons. The molecule has 7 nitrogen and oxygen atoms in total. The third kappa shape index (κ3) is 4.72. The van der Waals surface area contributed by atoms with Gasteiger partial charge in [0.15, 0.2) is 16.4 Å². The third-order valence-corrected chi connectivity index (χ3v) is 8.02. The van der Waals surface area contributed by atoms with Crippen LogP contribution >= 0.6 is 24.0 Å². The van der Waals surface area contributed by atoms with Gasteiger partial charge in [0.1, 0.15) is 10.1 Å². The first-order chi connectivity index (χ1) is 15.3. The van der Waals surface area contributed by atoms with Gasteiger partial charge in [-0.3, -0.25) is 9.59 Å². The molecule has 0 spiro atoms. The number of nitrogens with one attached hydrogen (secondary N) is 1. The fraction of sp³-hybridized carbons (Fsp3) is 0.227. The molecular formula is C22H20N2O5S3. The Morgan fingerprint density at radius 1 is 1.22 bits per heavy atom. The van der Waals surface area contributed by atoms with Crippen LogP contribution in [0.3, 0.4) is 0 Å². The Kier molecular flexibility index (Phi) is 6.36. The predicted molar refractivity (Wildman–Crippen MR) is 128 cm³/mol. The van der Waals surface area contributed by atoms with Crippen molar-refractivity contribution in [1.82, 2.24) is 5.32 Å². The van der Waals surface area contributed by atoms with Crippen LogP contribution in [0.15, 0.2) is 52.3 Å². The molecule has 2 aromatic carbocycles. The second kappa shape index (κ2) is 9.05. The van der Waals surface area contributed by atoms with E-state index in [1.54, 1.807) is 53.4 Å². The van der Waals surface area contributed by atoms with Crippen molar-refractivity contribution in [1.29, 1.82) is 0 Å². The number of carbonyl (C=O) groups excluding carboxylic acids is 2. The number of ether oxygens (including phenoxy) is 1. The van der Waals surface area contributed by atoms with Gasteiger partial charge in [0.2, 0.25) is 0 Å². The van der Waals surface area contributed by atoms with Gasteiger partial charge >= 0.3 is 0 Å². The number of hydrogen-bond acceptors (Lipinski definition) is 7. The molecule has 0 aromatic heterocycles. The molecular weight excluding hydrogens is 468 g/mol. The summed E-state index contributed by atoms with van der Waals surface area (Å²) in [7, 11) is -3.36. The molecule has 1 saturated heterocycles. The average Bonchev–Trinajstić information content (AvgIpc) is 3.07. The average molecular weight is 489 g/mol. The number of hydrogen-bond donors (Lipinski definition) is 1. The summed E-state index contributed by atoms with van der Waals surface area (Å²) in [6.07, 6.45) is 2.23. The summed E-state index contributed by atoms with van der Waals surface area (Å²) in [4.78, 5) is 26.9. The Morgan fingerprint density at radius 2 is 2.03 bits per heavy atom. The van der Waals surface area contributed by atoms with E-state index in [0.29, 0.717) is 38.2 Å². The lowest BCUT2D eigenvalue weighted by Crippen LogP contribution is -2.38. The van der Waals surface area contributed by atoms with Crippen LogP contribution < -0.4 is 15.0 Å². The molecule has 1 fully saturated rings. The van der Waals surface area contributed by atoms with E-state index in [1.165, 1.54) is 11.8 Å². The van der Waals surface area contributed by atoms with Crippen LogP contribution in [-0.4, -0.2) is 36.9 Å². The number of amides is 2. The van der Waals surface area contributed by atoms with E-state index in [2.05, 4.69) is 5.32 Å². The molecule has 2 amide bonds. The Bertz CT molecular complexity index is 1250. The van der Waals surface area contributed by atoms with Crippen LogP contribution in [0, 0.1) is 0 Å². The molecule has 10 heteroatoms. The van der Waals surface area contributed by atoms with Crippen molar-refractivity contribution >= 4 is 61.7 Å². The van der Waals surface area contributed by atoms with E-state index < -0.39 is 9.84 Å². The fourth-order valence-electron chi connectivity index (χ4n) is 3.46. The van der Waals surface area contributed by atoms with Crippen molar-refractivity contribution in [2.45, 2.75) is 24.8 Å². The number of nitrogens with zero attached hydrogens (tertiary/aromatic N) is 1. The molecule has 0 bridgehead atoms. The second-order valence-corrected chi connectivity index (χ2v) is 11.1. The Labute approximate surface area is 195 Å². The van der Waals surface area contributed by atoms with Crippen molar-refractivity contribution in [2.75, 3.05) is 17.3 Å². The standard InChI is InChI=1S/C22H20N2O5S3/c1-2-8-32(27,28)16-5-3-4-15(9-16)12-24-17-10-14(6-7-18(17)29-13-20(24)25)11-19-21(26)23-22(30)31-19/h3-7,9-11H,2,8,12-13H2,1H3,(H,23,26,30). The molecule has 0 aliphatic carbocycles. The first kappa shape index (κ1) is 22.5. The normalized spacial score (nSPS) is 17.3. The summed E-state index contributed by atoms with van der Waals surface area (Å²) in [5.41, 5.74) is 1.97. The largest absolute Gasteiger partial charge is 0.482 e. The maximum Gasteiger partial charge on any atom is 0.265 e. The maximum atomic E-state index is 12.7. The second-order valence-electron chi connectivity index (χ2n) is 7.31. The van der Waals surface area contributed by atoms with Crippen LogP contribution in [-0.2, 0) is 26.0 Å². The zero-order valence-electron chi connectivity index (χ0n) is 17.2. The van der Waals surface area contributed by atoms with Gasteiger partial charge < -0.3 is 15.0 Å². The van der Waals surface area contributed by atoms with Crippen molar-refractivity contribution in [3.63, 3.8) is 0 Å². The summed E-state index contributed by atoms with van der Waals surface area (Å²) in [6.45, 7) is 1.91. The Hall–Kier alpha value is -2.69. The third-order valence-electron chi connectivity index (χ3n) is 4.94. The minimum atomic E-state index is -3.36. The lowest BCUT2D eigenvalue weighted by molar-refractivity contribution is -0.121. The van der Waals surface area contributed by atoms with E-state index in [1.807, 2.05) is 6.92 Å². The fourth-order valence-corrected chi connectivity index (χ4v) is 5.90. The van der Waals surface area contributed by atoms with Gasteiger partial charge in [0.05, 0.1) is 27.8 Å². The molecule has 2 heterocycles. The van der Waals surface area contributed by atoms with Crippen LogP contribution in [0.4, 0.5) is 5.69 Å². The molecule has 0 unspecified atom stereocenters. The molecule has 1 N–H and O–H groups in total. The minimum absolute atomic E-state index is 0.0722. The SMILES string of the molecule is CCCS(=O)(=O)c1cccc(CN2C(=O)COc3ccc(C=C4SC(=S)NC4=O)cc32)c1. The van der Waals surface area contributed by atoms with Gasteiger partial charge in [0.25, 0.3) is 11.8 Å². The molecule has 0 atom stereocenters. The lowest BCUT2D eigenvalue weighted by atomic mass is 10.1. The predicted octanol–water partition coefficient (Wildman–Crippen LogP) is 3.28. The van der Waals surface area contributed by atoms with Gasteiger partial charge in [-0.2, -0.15) is 0 Å². The van der Waals surface area contributed by atoms with Gasteiger partial charge in [-0.05, 0) is 47.9 Å². The zero-order chi connectivity index (χ0) is 22.9. The first-order valence-electron chi connectivity index (χ1n) is 9.90. The number of fused-ring (bicyclic) bond motifs is 1. The summed E-state index contributed by atoms with van der Waals surface area (Å²) >= 11 is 6.20. The van der Waals surface area contributed by atoms with Crippen molar-refractivity contribution in [3.05, 3.63) is 58.5 Å². The highest BCUT2D eigenvalue weighted by atomic mass is 32.2. The highest BCUT2D eigenvalue weighted by Crippen LogP contribution is 2.36. The molecule has 2 aliphatic rings. The number of benzene rings is 2. The lowest BCUT2D eigenvalue weighted by Gasteiger charge is -2.30. The van der Waals surface area contributed by atoms with Gasteiger partial charge in [-0.25, -0.2) is 8.42 Å². The van der Waals surface area contributed by atoms with Crippen LogP contribution in [0.25, 0.3) is 6.08 Å². The summed E-state index contributed by atoms with van der Waals surface area (Å²) < 4.78 is 30.9. The summed E-state index contributed by atoms with van der Waals surface area (Å²) in [6, 6.07) is 12.0. The van der Waals surface area contributed by atoms with Gasteiger partial charge in [-0.15, -0.1) is 0 Å². The number of carbonyl (C=O) groups is 2. The van der Waals surface area contributed by atoms with Crippen molar-refractivity contribution in [2.24, 2.45) is 0 Å². The van der Waals surface area contributed by atoms with Gasteiger partial charge in [-0.1, -0.05) is 49.1 Å². The summed E-state index contributed by atoms with van der Waals surface area (Å²) in [5, 5.41) is 2.57. The van der Waals surface area contributed by atoms with Gasteiger partial charge in [0, 0.05) is 0 Å². The van der Waals surface area contributed by atoms with E-state index >= 15 is 0 Å². The molecule has 4 rings (SSSR count). The Balaban J connectivity index is 1.66. The smallest absolute Gasteiger partial charge is 0.265 e. The van der Waals surface area contributed by atoms with E-state index in [-0.39, 0.29) is 35.6 Å². The quantitative estimate of drug-likeness (QED) is 0.493. The van der Waals surface area contributed by atoms with Crippen LogP contribution in [0.5, 0.6) is 5.75 Å². The topological polar surface area (TPSA) is 92.8 Å². The number of thiocarbonyl (C=S) groups is 1. The van der Waals surface area contributed by atoms with E-state index in [0.717, 1.165) is 0 Å². The van der Waals surface area contributed by atoms with Crippen molar-refractivity contribution in [3.8, 4) is 5.75 Å².